The van der Waals surface area contributed by atoms with Crippen LogP contribution in [0.25, 0.3) is 0 Å². The van der Waals surface area contributed by atoms with Crippen LogP contribution < -0.4 is 5.73 Å². The molecule has 1 amide bonds. The molecule has 1 aromatic heterocycles. The van der Waals surface area contributed by atoms with Crippen molar-refractivity contribution in [2.45, 2.75) is 45.2 Å². The lowest BCUT2D eigenvalue weighted by Crippen LogP contribution is -2.45. The van der Waals surface area contributed by atoms with E-state index in [2.05, 4.69) is 15.5 Å². The molecule has 3 rings (SSSR count). The molecule has 0 bridgehead atoms. The number of piperidine rings is 1. The molecule has 142 valence electrons. The van der Waals surface area contributed by atoms with Gasteiger partial charge in [0.1, 0.15) is 11.9 Å². The molecule has 0 radical (unpaired) electrons. The summed E-state index contributed by atoms with van der Waals surface area (Å²) in [6.45, 7) is 5.37. The normalized spacial score (nSPS) is 17.4. The quantitative estimate of drug-likeness (QED) is 0.856. The van der Waals surface area contributed by atoms with E-state index in [1.807, 2.05) is 49.1 Å². The minimum Gasteiger partial charge on any atom is -0.341 e. The van der Waals surface area contributed by atoms with Crippen molar-refractivity contribution < 1.29 is 4.79 Å². The number of hydrogen-bond acceptors (Lipinski definition) is 5. The molecule has 2 unspecified atom stereocenters. The third-order valence-corrected chi connectivity index (χ3v) is 5.10. The van der Waals surface area contributed by atoms with E-state index in [1.165, 1.54) is 0 Å². The predicted octanol–water partition coefficient (Wildman–Crippen LogP) is 1.77. The second-order valence-electron chi connectivity index (χ2n) is 6.90. The zero-order chi connectivity index (χ0) is 17.8. The average molecular weight is 379 g/mol. The monoisotopic (exact) mass is 378 g/mol. The second kappa shape index (κ2) is 9.09. The van der Waals surface area contributed by atoms with E-state index >= 15 is 0 Å². The molecule has 0 aliphatic carbocycles. The van der Waals surface area contributed by atoms with Crippen LogP contribution in [-0.2, 0) is 11.2 Å². The number of halogens is 1. The molecule has 1 aliphatic heterocycles. The van der Waals surface area contributed by atoms with Crippen molar-refractivity contribution in [2.75, 3.05) is 13.1 Å². The van der Waals surface area contributed by atoms with Gasteiger partial charge in [-0.2, -0.15) is 0 Å². The Labute approximate surface area is 160 Å². The van der Waals surface area contributed by atoms with Gasteiger partial charge in [-0.25, -0.2) is 4.68 Å². The van der Waals surface area contributed by atoms with Gasteiger partial charge in [0.05, 0.1) is 0 Å². The Bertz CT molecular complexity index is 697. The molecule has 1 saturated heterocycles. The number of likely N-dealkylation sites (tertiary alicyclic amines) is 1. The zero-order valence-corrected chi connectivity index (χ0v) is 16.1. The average Bonchev–Trinajstić information content (AvgIpc) is 3.06. The van der Waals surface area contributed by atoms with Gasteiger partial charge in [-0.05, 0) is 48.6 Å². The number of hydrogen-bond donors (Lipinski definition) is 1. The van der Waals surface area contributed by atoms with E-state index in [4.69, 9.17) is 5.73 Å². The highest BCUT2D eigenvalue weighted by Gasteiger charge is 2.31. The third-order valence-electron chi connectivity index (χ3n) is 5.10. The minimum absolute atomic E-state index is 0. The summed E-state index contributed by atoms with van der Waals surface area (Å²) in [4.78, 5) is 15.1. The van der Waals surface area contributed by atoms with Crippen LogP contribution in [0, 0.1) is 12.8 Å². The van der Waals surface area contributed by atoms with Crippen molar-refractivity contribution in [3.63, 3.8) is 0 Å². The smallest absolute Gasteiger partial charge is 0.247 e. The Morgan fingerprint density at radius 2 is 1.92 bits per heavy atom. The van der Waals surface area contributed by atoms with Gasteiger partial charge in [0, 0.05) is 25.6 Å². The van der Waals surface area contributed by atoms with Gasteiger partial charge in [-0.15, -0.1) is 17.5 Å². The topological polar surface area (TPSA) is 89.9 Å². The fraction of sp³-hybridized carbons (Fsp3) is 0.556. The molecular weight excluding hydrogens is 352 g/mol. The Morgan fingerprint density at radius 1 is 1.27 bits per heavy atom. The summed E-state index contributed by atoms with van der Waals surface area (Å²) < 4.78 is 1.65. The SMILES string of the molecule is Cc1nnnn1C(Cc1ccccc1)C(=O)N1CCC(C(C)N)CC1.Cl. The van der Waals surface area contributed by atoms with Gasteiger partial charge in [-0.1, -0.05) is 30.3 Å². The third kappa shape index (κ3) is 4.59. The molecule has 2 atom stereocenters. The lowest BCUT2D eigenvalue weighted by Gasteiger charge is -2.35. The van der Waals surface area contributed by atoms with E-state index in [-0.39, 0.29) is 24.4 Å². The number of carbonyl (C=O) groups is 1. The van der Waals surface area contributed by atoms with Crippen LogP contribution in [0.15, 0.2) is 30.3 Å². The molecule has 1 aliphatic rings. The fourth-order valence-corrected chi connectivity index (χ4v) is 3.50. The van der Waals surface area contributed by atoms with Gasteiger partial charge in [0.25, 0.3) is 0 Å². The predicted molar refractivity (Wildman–Crippen MR) is 102 cm³/mol. The van der Waals surface area contributed by atoms with Crippen molar-refractivity contribution in [3.05, 3.63) is 41.7 Å². The van der Waals surface area contributed by atoms with Crippen LogP contribution >= 0.6 is 12.4 Å². The van der Waals surface area contributed by atoms with E-state index in [9.17, 15) is 4.79 Å². The summed E-state index contributed by atoms with van der Waals surface area (Å²) in [6, 6.07) is 9.77. The van der Waals surface area contributed by atoms with E-state index in [0.29, 0.717) is 18.2 Å². The lowest BCUT2D eigenvalue weighted by molar-refractivity contribution is -0.136. The van der Waals surface area contributed by atoms with Gasteiger partial charge in [0.15, 0.2) is 0 Å². The summed E-state index contributed by atoms with van der Waals surface area (Å²) in [6.07, 6.45) is 2.49. The molecule has 1 aromatic carbocycles. The Morgan fingerprint density at radius 3 is 2.46 bits per heavy atom. The number of rotatable bonds is 5. The zero-order valence-electron chi connectivity index (χ0n) is 15.3. The number of amides is 1. The number of nitrogens with zero attached hydrogens (tertiary/aromatic N) is 5. The molecule has 1 fully saturated rings. The first-order valence-corrected chi connectivity index (χ1v) is 8.89. The maximum atomic E-state index is 13.2. The van der Waals surface area contributed by atoms with Crippen LogP contribution in [0.4, 0.5) is 0 Å². The summed E-state index contributed by atoms with van der Waals surface area (Å²) in [7, 11) is 0. The number of nitrogens with two attached hydrogens (primary N) is 1. The summed E-state index contributed by atoms with van der Waals surface area (Å²) in [5.74, 6) is 1.23. The van der Waals surface area contributed by atoms with E-state index in [0.717, 1.165) is 31.5 Å². The second-order valence-corrected chi connectivity index (χ2v) is 6.90. The maximum Gasteiger partial charge on any atom is 0.247 e. The number of aromatic nitrogens is 4. The van der Waals surface area contributed by atoms with Crippen molar-refractivity contribution >= 4 is 18.3 Å². The Balaban J connectivity index is 0.00000243. The number of benzene rings is 1. The summed E-state index contributed by atoms with van der Waals surface area (Å²) in [5.41, 5.74) is 7.11. The standard InChI is InChI=1S/C18H26N6O.ClH/c1-13(19)16-8-10-23(11-9-16)18(25)17(24-14(2)20-21-22-24)12-15-6-4-3-5-7-15;/h3-7,13,16-17H,8-12,19H2,1-2H3;1H. The van der Waals surface area contributed by atoms with Gasteiger partial charge in [-0.3, -0.25) is 4.79 Å². The first-order valence-electron chi connectivity index (χ1n) is 8.89. The maximum absolute atomic E-state index is 13.2. The lowest BCUT2D eigenvalue weighted by atomic mass is 9.90. The molecule has 0 spiro atoms. The first-order chi connectivity index (χ1) is 12.1. The fourth-order valence-electron chi connectivity index (χ4n) is 3.50. The van der Waals surface area contributed by atoms with E-state index in [1.54, 1.807) is 4.68 Å². The highest BCUT2D eigenvalue weighted by atomic mass is 35.5. The minimum atomic E-state index is -0.413. The van der Waals surface area contributed by atoms with Crippen LogP contribution in [-0.4, -0.2) is 50.1 Å². The molecular formula is C18H27ClN6O. The van der Waals surface area contributed by atoms with Gasteiger partial charge in [0.2, 0.25) is 5.91 Å². The van der Waals surface area contributed by atoms with Crippen LogP contribution in [0.1, 0.15) is 37.2 Å². The largest absolute Gasteiger partial charge is 0.341 e. The molecule has 7 nitrogen and oxygen atoms in total. The van der Waals surface area contributed by atoms with Crippen LogP contribution in [0.2, 0.25) is 0 Å². The van der Waals surface area contributed by atoms with Crippen molar-refractivity contribution in [3.8, 4) is 0 Å². The van der Waals surface area contributed by atoms with Gasteiger partial charge < -0.3 is 10.6 Å². The summed E-state index contributed by atoms with van der Waals surface area (Å²) >= 11 is 0. The van der Waals surface area contributed by atoms with Crippen molar-refractivity contribution in [1.29, 1.82) is 0 Å². The highest BCUT2D eigenvalue weighted by Crippen LogP contribution is 2.24. The van der Waals surface area contributed by atoms with Gasteiger partial charge >= 0.3 is 0 Å². The molecule has 8 heteroatoms. The van der Waals surface area contributed by atoms with Crippen LogP contribution in [0.3, 0.4) is 0 Å². The highest BCUT2D eigenvalue weighted by molar-refractivity contribution is 5.85. The number of carbonyl (C=O) groups excluding carboxylic acids is 1. The Hall–Kier alpha value is -1.99. The van der Waals surface area contributed by atoms with Crippen molar-refractivity contribution in [1.82, 2.24) is 25.1 Å². The van der Waals surface area contributed by atoms with Crippen molar-refractivity contribution in [2.24, 2.45) is 11.7 Å². The summed E-state index contributed by atoms with van der Waals surface area (Å²) in [5, 5.41) is 11.7. The number of tetrazole rings is 1. The number of aryl methyl sites for hydroxylation is 1. The first kappa shape index (κ1) is 20.3. The molecule has 2 aromatic rings. The Kier molecular flexibility index (Phi) is 7.11. The van der Waals surface area contributed by atoms with Crippen LogP contribution in [0.5, 0.6) is 0 Å². The van der Waals surface area contributed by atoms with E-state index < -0.39 is 6.04 Å². The molecule has 26 heavy (non-hydrogen) atoms. The molecule has 2 N–H and O–H groups in total. The molecule has 0 saturated carbocycles. The molecule has 2 heterocycles.